The molecule has 0 aromatic heterocycles. The van der Waals surface area contributed by atoms with Crippen LogP contribution in [0.25, 0.3) is 0 Å². The number of hydrogen-bond acceptors (Lipinski definition) is 6. The predicted octanol–water partition coefficient (Wildman–Crippen LogP) is 1.77. The van der Waals surface area contributed by atoms with E-state index in [2.05, 4.69) is 9.44 Å². The Morgan fingerprint density at radius 3 is 1.35 bits per heavy atom. The lowest BCUT2D eigenvalue weighted by Crippen LogP contribution is -2.46. The van der Waals surface area contributed by atoms with E-state index in [-0.39, 0.29) is 13.1 Å². The van der Waals surface area contributed by atoms with Gasteiger partial charge in [0.05, 0.1) is 22.6 Å². The second-order valence-corrected chi connectivity index (χ2v) is 10.5. The Kier molecular flexibility index (Phi) is 12.4. The minimum absolute atomic E-state index is 0.233. The van der Waals surface area contributed by atoms with E-state index >= 15 is 0 Å². The summed E-state index contributed by atoms with van der Waals surface area (Å²) in [5.74, 6) is 0. The monoisotopic (exact) mass is 406 g/mol. The van der Waals surface area contributed by atoms with Crippen molar-refractivity contribution in [2.75, 3.05) is 13.1 Å². The fraction of sp³-hybridized carbons (Fsp3) is 0.875. The van der Waals surface area contributed by atoms with E-state index in [1.165, 1.54) is 13.8 Å². The molecule has 0 aliphatic rings. The zero-order valence-corrected chi connectivity index (χ0v) is 17.2. The van der Waals surface area contributed by atoms with Gasteiger partial charge in [-0.15, -0.1) is 0 Å². The van der Waals surface area contributed by atoms with Crippen LogP contribution in [0.1, 0.15) is 65.2 Å². The van der Waals surface area contributed by atoms with Gasteiger partial charge >= 0.3 is 0 Å². The molecule has 0 spiro atoms. The molecule has 0 aliphatic heterocycles. The van der Waals surface area contributed by atoms with E-state index in [1.54, 1.807) is 0 Å². The molecule has 2 N–H and O–H groups in total. The molecule has 150 valence electrons. The molecule has 2 atom stereocenters. The molecular formula is C16H30N4O4S2. The van der Waals surface area contributed by atoms with Gasteiger partial charge in [-0.2, -0.15) is 10.5 Å². The minimum Gasteiger partial charge on any atom is -0.215 e. The van der Waals surface area contributed by atoms with Gasteiger partial charge in [0, 0.05) is 25.9 Å². The number of sulfonamides is 2. The summed E-state index contributed by atoms with van der Waals surface area (Å²) in [5.41, 5.74) is 0. The number of unbranched alkanes of at least 4 members (excludes halogenated alkanes) is 6. The highest BCUT2D eigenvalue weighted by Gasteiger charge is 2.34. The summed E-state index contributed by atoms with van der Waals surface area (Å²) in [6, 6.07) is 4.06. The number of rotatable bonds is 15. The van der Waals surface area contributed by atoms with Crippen molar-refractivity contribution in [2.24, 2.45) is 0 Å². The maximum Gasteiger partial charge on any atom is 0.215 e. The average molecular weight is 407 g/mol. The lowest BCUT2D eigenvalue weighted by molar-refractivity contribution is 0.541. The van der Waals surface area contributed by atoms with Gasteiger partial charge in [0.1, 0.15) is 0 Å². The van der Waals surface area contributed by atoms with Crippen LogP contribution >= 0.6 is 0 Å². The lowest BCUT2D eigenvalue weighted by atomic mass is 10.2. The van der Waals surface area contributed by atoms with Crippen LogP contribution in [-0.4, -0.2) is 40.4 Å². The van der Waals surface area contributed by atoms with E-state index in [0.29, 0.717) is 25.7 Å². The maximum absolute atomic E-state index is 12.3. The first kappa shape index (κ1) is 24.8. The van der Waals surface area contributed by atoms with E-state index in [4.69, 9.17) is 10.5 Å². The highest BCUT2D eigenvalue weighted by atomic mass is 32.2. The first-order chi connectivity index (χ1) is 12.2. The third-order valence-corrected chi connectivity index (χ3v) is 8.34. The summed E-state index contributed by atoms with van der Waals surface area (Å²) < 4.78 is 54.0. The molecule has 8 nitrogen and oxygen atoms in total. The maximum atomic E-state index is 12.3. The van der Waals surface area contributed by atoms with Gasteiger partial charge in [-0.3, -0.25) is 0 Å². The lowest BCUT2D eigenvalue weighted by Gasteiger charge is -2.21. The van der Waals surface area contributed by atoms with E-state index in [1.807, 2.05) is 12.1 Å². The molecule has 10 heteroatoms. The normalized spacial score (nSPS) is 14.3. The van der Waals surface area contributed by atoms with E-state index < -0.39 is 30.5 Å². The predicted molar refractivity (Wildman–Crippen MR) is 101 cm³/mol. The standard InChI is InChI=1S/C16H30N4O4S2/c1-15(25(21,22)19-13-9-5-3-7-11-17)16(2)26(23,24)20-14-10-6-4-8-12-18/h15-16,19-20H,3-10,13-14H2,1-2H3. The highest BCUT2D eigenvalue weighted by Crippen LogP contribution is 2.12. The van der Waals surface area contributed by atoms with Crippen LogP contribution in [0.5, 0.6) is 0 Å². The molecule has 0 aromatic carbocycles. The second kappa shape index (κ2) is 13.0. The molecule has 0 heterocycles. The molecule has 0 aliphatic carbocycles. The summed E-state index contributed by atoms with van der Waals surface area (Å²) in [7, 11) is -7.50. The zero-order chi connectivity index (χ0) is 20.1. The van der Waals surface area contributed by atoms with Crippen LogP contribution in [0.4, 0.5) is 0 Å². The molecule has 2 unspecified atom stereocenters. The molecule has 0 saturated carbocycles. The summed E-state index contributed by atoms with van der Waals surface area (Å²) in [5, 5.41) is 14.7. The first-order valence-corrected chi connectivity index (χ1v) is 12.0. The molecular weight excluding hydrogens is 376 g/mol. The number of nitrogens with one attached hydrogen (secondary N) is 2. The average Bonchev–Trinajstić information content (AvgIpc) is 2.59. The fourth-order valence-electron chi connectivity index (χ4n) is 2.21. The molecule has 0 amide bonds. The Labute approximate surface area is 158 Å². The minimum atomic E-state index is -3.75. The zero-order valence-electron chi connectivity index (χ0n) is 15.6. The van der Waals surface area contributed by atoms with Crippen molar-refractivity contribution in [3.8, 4) is 12.1 Å². The Morgan fingerprint density at radius 2 is 1.04 bits per heavy atom. The van der Waals surface area contributed by atoms with Crippen molar-refractivity contribution in [1.82, 2.24) is 9.44 Å². The summed E-state index contributed by atoms with van der Waals surface area (Å²) in [4.78, 5) is 0. The summed E-state index contributed by atoms with van der Waals surface area (Å²) in [6.45, 7) is 3.23. The van der Waals surface area contributed by atoms with Gasteiger partial charge in [-0.05, 0) is 39.5 Å². The van der Waals surface area contributed by atoms with Crippen LogP contribution in [-0.2, 0) is 20.0 Å². The van der Waals surface area contributed by atoms with Crippen LogP contribution < -0.4 is 9.44 Å². The van der Waals surface area contributed by atoms with Crippen molar-refractivity contribution < 1.29 is 16.8 Å². The van der Waals surface area contributed by atoms with Gasteiger partial charge in [0.25, 0.3) is 0 Å². The first-order valence-electron chi connectivity index (χ1n) is 8.90. The van der Waals surface area contributed by atoms with Crippen molar-refractivity contribution in [3.63, 3.8) is 0 Å². The number of hydrogen-bond donors (Lipinski definition) is 2. The van der Waals surface area contributed by atoms with Crippen LogP contribution in [0.3, 0.4) is 0 Å². The van der Waals surface area contributed by atoms with Crippen molar-refractivity contribution >= 4 is 20.0 Å². The second-order valence-electron chi connectivity index (χ2n) is 6.23. The molecule has 26 heavy (non-hydrogen) atoms. The number of nitriles is 2. The topological polar surface area (TPSA) is 140 Å². The van der Waals surface area contributed by atoms with Crippen LogP contribution in [0.2, 0.25) is 0 Å². The molecule has 0 rings (SSSR count). The van der Waals surface area contributed by atoms with Gasteiger partial charge in [-0.1, -0.05) is 12.8 Å². The Balaban J connectivity index is 4.40. The Bertz CT molecular complexity index is 618. The SMILES string of the molecule is CC(C(C)S(=O)(=O)NCCCCCC#N)S(=O)(=O)NCCCCCC#N. The Morgan fingerprint density at radius 1 is 0.692 bits per heavy atom. The van der Waals surface area contributed by atoms with E-state index in [0.717, 1.165) is 25.7 Å². The van der Waals surface area contributed by atoms with Gasteiger partial charge in [0.2, 0.25) is 20.0 Å². The molecule has 0 bridgehead atoms. The summed E-state index contributed by atoms with van der Waals surface area (Å²) in [6.07, 6.45) is 5.03. The number of nitrogens with zero attached hydrogens (tertiary/aromatic N) is 2. The van der Waals surface area contributed by atoms with Gasteiger partial charge in [-0.25, -0.2) is 26.3 Å². The Hall–Kier alpha value is -1.20. The van der Waals surface area contributed by atoms with Crippen molar-refractivity contribution in [1.29, 1.82) is 10.5 Å². The van der Waals surface area contributed by atoms with Crippen molar-refractivity contribution in [3.05, 3.63) is 0 Å². The quantitative estimate of drug-likeness (QED) is 0.397. The molecule has 0 radical (unpaired) electrons. The molecule has 0 fully saturated rings. The highest BCUT2D eigenvalue weighted by molar-refractivity contribution is 7.94. The smallest absolute Gasteiger partial charge is 0.215 e. The summed E-state index contributed by atoms with van der Waals surface area (Å²) >= 11 is 0. The third-order valence-electron chi connectivity index (χ3n) is 4.18. The van der Waals surface area contributed by atoms with E-state index in [9.17, 15) is 16.8 Å². The van der Waals surface area contributed by atoms with Crippen LogP contribution in [0.15, 0.2) is 0 Å². The largest absolute Gasteiger partial charge is 0.215 e. The fourth-order valence-corrected chi connectivity index (χ4v) is 5.48. The van der Waals surface area contributed by atoms with Gasteiger partial charge in [0.15, 0.2) is 0 Å². The third kappa shape index (κ3) is 10.1. The molecule has 0 saturated heterocycles. The van der Waals surface area contributed by atoms with Crippen molar-refractivity contribution in [2.45, 2.75) is 75.7 Å². The van der Waals surface area contributed by atoms with Crippen LogP contribution in [0, 0.1) is 22.7 Å². The molecule has 0 aromatic rings. The van der Waals surface area contributed by atoms with Gasteiger partial charge < -0.3 is 0 Å².